The average molecular weight is 647 g/mol. The molecular weight excluding hydrogens is 613 g/mol. The Morgan fingerprint density at radius 3 is 1.57 bits per heavy atom. The van der Waals surface area contributed by atoms with Gasteiger partial charge in [0.2, 0.25) is 0 Å². The molecule has 9 aromatic rings. The normalized spacial score (nSPS) is 13.5. The Hall–Kier alpha value is -6.24. The van der Waals surface area contributed by atoms with Gasteiger partial charge in [0.25, 0.3) is 0 Å². The number of benzene rings is 9. The first kappa shape index (κ1) is 28.6. The van der Waals surface area contributed by atoms with Crippen molar-refractivity contribution in [1.29, 1.82) is 0 Å². The fourth-order valence-corrected chi connectivity index (χ4v) is 9.39. The molecule has 11 rings (SSSR count). The van der Waals surface area contributed by atoms with Crippen molar-refractivity contribution in [3.8, 4) is 66.8 Å². The molecule has 2 aliphatic carbocycles. The van der Waals surface area contributed by atoms with E-state index in [4.69, 9.17) is 0 Å². The summed E-state index contributed by atoms with van der Waals surface area (Å²) in [5.41, 5.74) is 18.4. The van der Waals surface area contributed by atoms with Crippen molar-refractivity contribution in [3.05, 3.63) is 181 Å². The first-order chi connectivity index (χ1) is 25.1. The van der Waals surface area contributed by atoms with Gasteiger partial charge >= 0.3 is 0 Å². The van der Waals surface area contributed by atoms with Crippen LogP contribution in [0, 0.1) is 0 Å². The minimum atomic E-state index is -0.0862. The average Bonchev–Trinajstić information content (AvgIpc) is 3.62. The van der Waals surface area contributed by atoms with Gasteiger partial charge in [0.1, 0.15) is 0 Å². The van der Waals surface area contributed by atoms with E-state index in [1.54, 1.807) is 0 Å². The molecule has 0 N–H and O–H groups in total. The lowest BCUT2D eigenvalue weighted by atomic mass is 9.80. The molecular formula is C51H34. The van der Waals surface area contributed by atoms with Crippen molar-refractivity contribution in [1.82, 2.24) is 0 Å². The number of hydrogen-bond acceptors (Lipinski definition) is 0. The molecule has 9 aromatic carbocycles. The van der Waals surface area contributed by atoms with E-state index < -0.39 is 0 Å². The second-order valence-electron chi connectivity index (χ2n) is 14.8. The highest BCUT2D eigenvalue weighted by Gasteiger charge is 2.36. The third kappa shape index (κ3) is 3.96. The van der Waals surface area contributed by atoms with Crippen molar-refractivity contribution in [2.24, 2.45) is 0 Å². The Kier molecular flexibility index (Phi) is 5.82. The maximum absolute atomic E-state index is 2.46. The Morgan fingerprint density at radius 1 is 0.314 bits per heavy atom. The van der Waals surface area contributed by atoms with Crippen LogP contribution in [-0.4, -0.2) is 0 Å². The van der Waals surface area contributed by atoms with Crippen LogP contribution in [0.3, 0.4) is 0 Å². The predicted octanol–water partition coefficient (Wildman–Crippen LogP) is 14.1. The van der Waals surface area contributed by atoms with E-state index in [2.05, 4.69) is 184 Å². The van der Waals surface area contributed by atoms with Crippen molar-refractivity contribution >= 4 is 32.3 Å². The van der Waals surface area contributed by atoms with Crippen molar-refractivity contribution < 1.29 is 0 Å². The lowest BCUT2D eigenvalue weighted by Crippen LogP contribution is -2.15. The van der Waals surface area contributed by atoms with Gasteiger partial charge in [0, 0.05) is 5.41 Å². The summed E-state index contributed by atoms with van der Waals surface area (Å²) in [5, 5.41) is 7.83. The van der Waals surface area contributed by atoms with E-state index in [-0.39, 0.29) is 5.41 Å². The lowest BCUT2D eigenvalue weighted by molar-refractivity contribution is 0.661. The van der Waals surface area contributed by atoms with Gasteiger partial charge in [-0.05, 0) is 134 Å². The Balaban J connectivity index is 1.15. The van der Waals surface area contributed by atoms with Gasteiger partial charge in [0.15, 0.2) is 0 Å². The van der Waals surface area contributed by atoms with Crippen LogP contribution in [0.25, 0.3) is 99.1 Å². The van der Waals surface area contributed by atoms with E-state index in [0.29, 0.717) is 0 Å². The van der Waals surface area contributed by atoms with Crippen LogP contribution >= 0.6 is 0 Å². The second-order valence-corrected chi connectivity index (χ2v) is 14.8. The molecule has 0 atom stereocenters. The molecule has 0 amide bonds. The quantitative estimate of drug-likeness (QED) is 0.179. The summed E-state index contributed by atoms with van der Waals surface area (Å²) in [7, 11) is 0. The number of rotatable bonds is 3. The van der Waals surface area contributed by atoms with Crippen LogP contribution in [0.1, 0.15) is 25.0 Å². The highest BCUT2D eigenvalue weighted by Crippen LogP contribution is 2.58. The van der Waals surface area contributed by atoms with Gasteiger partial charge < -0.3 is 0 Å². The molecule has 0 radical (unpaired) electrons. The lowest BCUT2D eigenvalue weighted by Gasteiger charge is -2.23. The molecule has 0 heteroatoms. The zero-order valence-electron chi connectivity index (χ0n) is 28.7. The van der Waals surface area contributed by atoms with Crippen LogP contribution < -0.4 is 0 Å². The minimum absolute atomic E-state index is 0.0862. The van der Waals surface area contributed by atoms with E-state index in [1.165, 1.54) is 110 Å². The smallest absolute Gasteiger partial charge is 0.0159 e. The molecule has 2 aliphatic rings. The predicted molar refractivity (Wildman–Crippen MR) is 217 cm³/mol. The third-order valence-corrected chi connectivity index (χ3v) is 11.7. The topological polar surface area (TPSA) is 0 Å². The van der Waals surface area contributed by atoms with Gasteiger partial charge in [-0.1, -0.05) is 159 Å². The van der Waals surface area contributed by atoms with Crippen LogP contribution in [-0.2, 0) is 5.41 Å². The molecule has 0 heterocycles. The zero-order chi connectivity index (χ0) is 33.8. The molecule has 51 heavy (non-hydrogen) atoms. The highest BCUT2D eigenvalue weighted by molar-refractivity contribution is 6.27. The monoisotopic (exact) mass is 646 g/mol. The zero-order valence-corrected chi connectivity index (χ0v) is 28.7. The minimum Gasteiger partial charge on any atom is -0.0622 e. The fourth-order valence-electron chi connectivity index (χ4n) is 9.39. The van der Waals surface area contributed by atoms with Crippen LogP contribution in [0.4, 0.5) is 0 Å². The first-order valence-corrected chi connectivity index (χ1v) is 18.0. The third-order valence-electron chi connectivity index (χ3n) is 11.7. The fraction of sp³-hybridized carbons (Fsp3) is 0.0588. The van der Waals surface area contributed by atoms with E-state index in [1.807, 2.05) is 0 Å². The van der Waals surface area contributed by atoms with Gasteiger partial charge in [-0.15, -0.1) is 0 Å². The Bertz CT molecular complexity index is 2920. The second kappa shape index (κ2) is 10.4. The first-order valence-electron chi connectivity index (χ1n) is 18.0. The molecule has 0 saturated carbocycles. The van der Waals surface area contributed by atoms with Gasteiger partial charge in [-0.25, -0.2) is 0 Å². The summed E-state index contributed by atoms with van der Waals surface area (Å²) in [6.07, 6.45) is 0. The molecule has 0 fully saturated rings. The van der Waals surface area contributed by atoms with Crippen molar-refractivity contribution in [3.63, 3.8) is 0 Å². The molecule has 238 valence electrons. The number of hydrogen-bond donors (Lipinski definition) is 0. The number of fused-ring (bicyclic) bond motifs is 8. The van der Waals surface area contributed by atoms with Gasteiger partial charge in [-0.3, -0.25) is 0 Å². The molecule has 0 saturated heterocycles. The summed E-state index contributed by atoms with van der Waals surface area (Å²) in [4.78, 5) is 0. The van der Waals surface area contributed by atoms with Crippen LogP contribution in [0.15, 0.2) is 170 Å². The summed E-state index contributed by atoms with van der Waals surface area (Å²) in [5.74, 6) is 0. The van der Waals surface area contributed by atoms with Crippen LogP contribution in [0.2, 0.25) is 0 Å². The Labute approximate surface area is 298 Å². The molecule has 0 spiro atoms. The van der Waals surface area contributed by atoms with Gasteiger partial charge in [-0.2, -0.15) is 0 Å². The summed E-state index contributed by atoms with van der Waals surface area (Å²) in [6, 6.07) is 63.6. The highest BCUT2D eigenvalue weighted by atomic mass is 14.4. The van der Waals surface area contributed by atoms with Gasteiger partial charge in [0.05, 0.1) is 0 Å². The molecule has 0 nitrogen and oxygen atoms in total. The molecule has 0 aromatic heterocycles. The largest absolute Gasteiger partial charge is 0.0622 e. The molecule has 0 unspecified atom stereocenters. The summed E-state index contributed by atoms with van der Waals surface area (Å²) in [6.45, 7) is 4.77. The summed E-state index contributed by atoms with van der Waals surface area (Å²) >= 11 is 0. The van der Waals surface area contributed by atoms with E-state index >= 15 is 0 Å². The Morgan fingerprint density at radius 2 is 0.843 bits per heavy atom. The van der Waals surface area contributed by atoms with E-state index in [9.17, 15) is 0 Å². The maximum Gasteiger partial charge on any atom is 0.0159 e. The molecule has 0 bridgehead atoms. The standard InChI is InChI=1S/C51H34/c1-51(2)44-30-36(25-26-38(44)43-28-34-15-6-7-16-35(34)29-45(43)51)33-19-10-20-37(27-33)48-40-22-9-8-21-39(40)47(32-13-4-3-5-14-32)49-41-23-11-17-31-18-12-24-42(46(31)41)50(48)49/h3-30H,1-2H3. The van der Waals surface area contributed by atoms with E-state index in [0.717, 1.165) is 0 Å². The SMILES string of the molecule is CC1(C)c2cc(-c3cccc(-c4c5c(c(-c6ccccc6)c6ccccc46)-c4cccc6cccc-5c46)c3)ccc2-c2cc3ccccc3cc21. The summed E-state index contributed by atoms with van der Waals surface area (Å²) < 4.78 is 0. The van der Waals surface area contributed by atoms with Crippen molar-refractivity contribution in [2.45, 2.75) is 19.3 Å². The maximum atomic E-state index is 2.46. The van der Waals surface area contributed by atoms with Crippen LogP contribution in [0.5, 0.6) is 0 Å². The molecule has 0 aliphatic heterocycles. The van der Waals surface area contributed by atoms with Crippen molar-refractivity contribution in [2.75, 3.05) is 0 Å².